The third kappa shape index (κ3) is 6.76. The summed E-state index contributed by atoms with van der Waals surface area (Å²) in [5, 5.41) is 0. The molecule has 0 fully saturated rings. The molecule has 0 aliphatic carbocycles. The summed E-state index contributed by atoms with van der Waals surface area (Å²) in [7, 11) is 1.69. The number of nitrogens with zero attached hydrogens (tertiary/aromatic N) is 1. The first-order valence-corrected chi connectivity index (χ1v) is 10.1. The third-order valence-electron chi connectivity index (χ3n) is 4.50. The summed E-state index contributed by atoms with van der Waals surface area (Å²) >= 11 is 0. The van der Waals surface area contributed by atoms with Crippen LogP contribution in [0.15, 0.2) is 72.8 Å². The number of esters is 1. The normalized spacial score (nSPS) is 12.6. The molecule has 0 spiro atoms. The van der Waals surface area contributed by atoms with E-state index in [-0.39, 0.29) is 12.5 Å². The average Bonchev–Trinajstić information content (AvgIpc) is 2.71. The summed E-state index contributed by atoms with van der Waals surface area (Å²) in [4.78, 5) is 26.4. The second kappa shape index (κ2) is 10.6. The van der Waals surface area contributed by atoms with Gasteiger partial charge in [0.25, 0.3) is 0 Å². The lowest BCUT2D eigenvalue weighted by Gasteiger charge is -2.34. The van der Waals surface area contributed by atoms with E-state index < -0.39 is 23.7 Å². The predicted octanol–water partition coefficient (Wildman–Crippen LogP) is 5.17. The van der Waals surface area contributed by atoms with Crippen LogP contribution in [-0.4, -0.2) is 42.3 Å². The first kappa shape index (κ1) is 23.2. The number of hydrogen-bond donors (Lipinski definition) is 0. The van der Waals surface area contributed by atoms with Crippen molar-refractivity contribution in [1.29, 1.82) is 0 Å². The highest BCUT2D eigenvalue weighted by molar-refractivity contribution is 5.82. The van der Waals surface area contributed by atoms with Crippen molar-refractivity contribution in [2.75, 3.05) is 13.7 Å². The van der Waals surface area contributed by atoms with Crippen LogP contribution in [0.5, 0.6) is 0 Å². The van der Waals surface area contributed by atoms with Gasteiger partial charge in [-0.15, -0.1) is 0 Å². The minimum Gasteiger partial charge on any atom is -0.463 e. The topological polar surface area (TPSA) is 55.8 Å². The molecule has 0 aliphatic heterocycles. The van der Waals surface area contributed by atoms with E-state index >= 15 is 0 Å². The minimum atomic E-state index is -0.629. The maximum absolute atomic E-state index is 12.9. The van der Waals surface area contributed by atoms with Crippen molar-refractivity contribution in [1.82, 2.24) is 4.90 Å². The summed E-state index contributed by atoms with van der Waals surface area (Å²) in [5.41, 5.74) is 1.42. The fraction of sp³-hybridized carbons (Fsp3) is 0.360. The molecule has 0 aromatic heterocycles. The number of rotatable bonds is 7. The number of likely N-dealkylation sites (N-methyl/N-ethyl adjacent to an activating group) is 1. The second-order valence-corrected chi connectivity index (χ2v) is 7.99. The number of benzene rings is 2. The van der Waals surface area contributed by atoms with E-state index in [0.29, 0.717) is 0 Å². The molecular formula is C25H31NO4. The zero-order chi connectivity index (χ0) is 22.1. The highest BCUT2D eigenvalue weighted by Gasteiger charge is 2.31. The minimum absolute atomic E-state index is 0.199. The predicted molar refractivity (Wildman–Crippen MR) is 118 cm³/mol. The summed E-state index contributed by atoms with van der Waals surface area (Å²) < 4.78 is 10.6. The van der Waals surface area contributed by atoms with E-state index in [4.69, 9.17) is 9.47 Å². The molecule has 2 rings (SSSR count). The van der Waals surface area contributed by atoms with E-state index in [1.165, 1.54) is 11.0 Å². The van der Waals surface area contributed by atoms with Gasteiger partial charge in [-0.25, -0.2) is 9.59 Å². The van der Waals surface area contributed by atoms with Gasteiger partial charge in [-0.3, -0.25) is 0 Å². The lowest BCUT2D eigenvalue weighted by atomic mass is 9.84. The summed E-state index contributed by atoms with van der Waals surface area (Å²) in [5.74, 6) is -0.643. The standard InChI is InChI=1S/C25H31NO4/c1-6-29-22(27)18-17-21(26(5)24(28)30-25(2,3)4)23(19-13-9-7-10-14-19)20-15-11-8-12-16-20/h7-18,21,23H,6H2,1-5H3/b18-17+. The lowest BCUT2D eigenvalue weighted by Crippen LogP contribution is -2.43. The van der Waals surface area contributed by atoms with Gasteiger partial charge >= 0.3 is 12.1 Å². The first-order chi connectivity index (χ1) is 14.2. The number of hydrogen-bond acceptors (Lipinski definition) is 4. The van der Waals surface area contributed by atoms with Crippen LogP contribution in [0.25, 0.3) is 0 Å². The molecule has 2 aromatic carbocycles. The Kier molecular flexibility index (Phi) is 8.22. The quantitative estimate of drug-likeness (QED) is 0.467. The summed E-state index contributed by atoms with van der Waals surface area (Å²) in [6, 6.07) is 19.4. The maximum Gasteiger partial charge on any atom is 0.410 e. The Balaban J connectivity index is 2.52. The number of carbonyl (C=O) groups excluding carboxylic acids is 2. The van der Waals surface area contributed by atoms with Crippen molar-refractivity contribution in [3.8, 4) is 0 Å². The van der Waals surface area contributed by atoms with Gasteiger partial charge in [0.15, 0.2) is 0 Å². The Labute approximate surface area is 179 Å². The van der Waals surface area contributed by atoms with E-state index in [2.05, 4.69) is 0 Å². The summed E-state index contributed by atoms with van der Waals surface area (Å²) in [6.45, 7) is 7.53. The number of amides is 1. The second-order valence-electron chi connectivity index (χ2n) is 7.99. The molecule has 5 heteroatoms. The molecule has 1 atom stereocenters. The zero-order valence-electron chi connectivity index (χ0n) is 18.4. The highest BCUT2D eigenvalue weighted by Crippen LogP contribution is 2.32. The van der Waals surface area contributed by atoms with Gasteiger partial charge in [-0.05, 0) is 38.8 Å². The Hall–Kier alpha value is -3.08. The molecule has 0 N–H and O–H groups in total. The van der Waals surface area contributed by atoms with Crippen molar-refractivity contribution in [2.45, 2.75) is 45.3 Å². The molecule has 0 heterocycles. The number of ether oxygens (including phenoxy) is 2. The Morgan fingerprint density at radius 2 is 1.47 bits per heavy atom. The van der Waals surface area contributed by atoms with Gasteiger partial charge in [0.1, 0.15) is 5.60 Å². The fourth-order valence-electron chi connectivity index (χ4n) is 3.19. The van der Waals surface area contributed by atoms with Crippen LogP contribution in [0, 0.1) is 0 Å². The third-order valence-corrected chi connectivity index (χ3v) is 4.50. The lowest BCUT2D eigenvalue weighted by molar-refractivity contribution is -0.137. The molecule has 1 unspecified atom stereocenters. The van der Waals surface area contributed by atoms with Gasteiger partial charge in [-0.2, -0.15) is 0 Å². The highest BCUT2D eigenvalue weighted by atomic mass is 16.6. The molecule has 0 radical (unpaired) electrons. The van der Waals surface area contributed by atoms with Gasteiger partial charge in [-0.1, -0.05) is 66.7 Å². The molecule has 5 nitrogen and oxygen atoms in total. The molecule has 0 saturated heterocycles. The fourth-order valence-corrected chi connectivity index (χ4v) is 3.19. The SMILES string of the molecule is CCOC(=O)/C=C/C(C(c1ccccc1)c1ccccc1)N(C)C(=O)OC(C)(C)C. The first-order valence-electron chi connectivity index (χ1n) is 10.1. The molecule has 160 valence electrons. The molecule has 0 aliphatic rings. The van der Waals surface area contributed by atoms with Crippen molar-refractivity contribution in [3.63, 3.8) is 0 Å². The molecule has 0 bridgehead atoms. The van der Waals surface area contributed by atoms with Gasteiger partial charge < -0.3 is 14.4 Å². The van der Waals surface area contributed by atoms with Crippen LogP contribution in [-0.2, 0) is 14.3 Å². The van der Waals surface area contributed by atoms with Crippen LogP contribution >= 0.6 is 0 Å². The molecule has 2 aromatic rings. The Morgan fingerprint density at radius 3 is 1.90 bits per heavy atom. The van der Waals surface area contributed by atoms with E-state index in [1.54, 1.807) is 20.0 Å². The van der Waals surface area contributed by atoms with Crippen molar-refractivity contribution in [3.05, 3.63) is 83.9 Å². The van der Waals surface area contributed by atoms with E-state index in [0.717, 1.165) is 11.1 Å². The Bertz CT molecular complexity index is 801. The van der Waals surface area contributed by atoms with Crippen LogP contribution in [0.3, 0.4) is 0 Å². The van der Waals surface area contributed by atoms with Crippen LogP contribution in [0.1, 0.15) is 44.7 Å². The molecule has 1 amide bonds. The van der Waals surface area contributed by atoms with Crippen LogP contribution < -0.4 is 0 Å². The zero-order valence-corrected chi connectivity index (χ0v) is 18.4. The van der Waals surface area contributed by atoms with Crippen LogP contribution in [0.2, 0.25) is 0 Å². The number of carbonyl (C=O) groups is 2. The van der Waals surface area contributed by atoms with Gasteiger partial charge in [0.05, 0.1) is 12.6 Å². The van der Waals surface area contributed by atoms with Crippen molar-refractivity contribution < 1.29 is 19.1 Å². The summed E-state index contributed by atoms with van der Waals surface area (Å²) in [6.07, 6.45) is 2.64. The van der Waals surface area contributed by atoms with Gasteiger partial charge in [0.2, 0.25) is 0 Å². The average molecular weight is 410 g/mol. The maximum atomic E-state index is 12.9. The molecule has 30 heavy (non-hydrogen) atoms. The Morgan fingerprint density at radius 1 is 0.967 bits per heavy atom. The molecular weight excluding hydrogens is 378 g/mol. The van der Waals surface area contributed by atoms with Crippen molar-refractivity contribution in [2.24, 2.45) is 0 Å². The molecule has 0 saturated carbocycles. The van der Waals surface area contributed by atoms with E-state index in [1.807, 2.05) is 81.4 Å². The smallest absolute Gasteiger partial charge is 0.410 e. The van der Waals surface area contributed by atoms with Crippen molar-refractivity contribution >= 4 is 12.1 Å². The van der Waals surface area contributed by atoms with Gasteiger partial charge in [0, 0.05) is 19.0 Å². The monoisotopic (exact) mass is 409 g/mol. The van der Waals surface area contributed by atoms with E-state index in [9.17, 15) is 9.59 Å². The largest absolute Gasteiger partial charge is 0.463 e. The van der Waals surface area contributed by atoms with Crippen LogP contribution in [0.4, 0.5) is 4.79 Å².